The molecule has 0 aliphatic heterocycles. The van der Waals surface area contributed by atoms with E-state index in [0.717, 1.165) is 4.79 Å². The zero-order chi connectivity index (χ0) is 31.4. The van der Waals surface area contributed by atoms with Gasteiger partial charge in [-0.2, -0.15) is 18.0 Å². The van der Waals surface area contributed by atoms with Crippen LogP contribution in [0.2, 0.25) is 0 Å². The fraction of sp³-hybridized carbons (Fsp3) is 0.250. The number of aromatic nitrogens is 3. The van der Waals surface area contributed by atoms with Crippen LogP contribution in [0.25, 0.3) is 11.0 Å². The molecule has 226 valence electrons. The smallest absolute Gasteiger partial charge is 0.490 e. The number of esters is 1. The first-order valence-electron chi connectivity index (χ1n) is 12.9. The van der Waals surface area contributed by atoms with Crippen LogP contribution < -0.4 is 25.9 Å². The number of para-hydroxylation sites is 1. The summed E-state index contributed by atoms with van der Waals surface area (Å²) < 4.78 is 57.5. The Labute approximate surface area is 243 Å². The first-order chi connectivity index (χ1) is 20.3. The van der Waals surface area contributed by atoms with Gasteiger partial charge in [0.15, 0.2) is 11.5 Å². The number of nitrogens with two attached hydrogens (primary N) is 1. The van der Waals surface area contributed by atoms with Gasteiger partial charge < -0.3 is 25.3 Å². The Balaban J connectivity index is 1.92. The van der Waals surface area contributed by atoms with Crippen molar-refractivity contribution in [3.05, 3.63) is 77.9 Å². The number of rotatable bonds is 11. The van der Waals surface area contributed by atoms with E-state index in [9.17, 15) is 22.8 Å². The second kappa shape index (κ2) is 12.3. The van der Waals surface area contributed by atoms with Gasteiger partial charge in [0.1, 0.15) is 16.9 Å². The molecule has 3 aromatic carbocycles. The fourth-order valence-electron chi connectivity index (χ4n) is 4.00. The SMILES string of the molecule is CCOc1cc(C(Nc2ccc(C(=N)N)cc2)(OC(=O)C(F)(F)F)C(=O)Nn2nnc3ccccc32)ccc1OC(C)C. The van der Waals surface area contributed by atoms with Crippen molar-refractivity contribution in [2.24, 2.45) is 5.73 Å². The number of alkyl halides is 3. The van der Waals surface area contributed by atoms with Crippen molar-refractivity contribution in [2.75, 3.05) is 17.3 Å². The Bertz CT molecular complexity index is 1640. The van der Waals surface area contributed by atoms with Gasteiger partial charge in [0.05, 0.1) is 12.7 Å². The van der Waals surface area contributed by atoms with Crippen LogP contribution in [0.4, 0.5) is 18.9 Å². The number of amidine groups is 1. The van der Waals surface area contributed by atoms with E-state index in [4.69, 9.17) is 25.4 Å². The first kappa shape index (κ1) is 30.6. The van der Waals surface area contributed by atoms with E-state index in [1.54, 1.807) is 45.0 Å². The molecule has 1 atom stereocenters. The summed E-state index contributed by atoms with van der Waals surface area (Å²) in [5, 5.41) is 18.1. The highest BCUT2D eigenvalue weighted by Crippen LogP contribution is 2.38. The minimum absolute atomic E-state index is 0.0408. The summed E-state index contributed by atoms with van der Waals surface area (Å²) in [7, 11) is 0. The molecule has 0 aliphatic rings. The Morgan fingerprint density at radius 2 is 1.74 bits per heavy atom. The van der Waals surface area contributed by atoms with Crippen molar-refractivity contribution < 1.29 is 37.0 Å². The third-order valence-electron chi connectivity index (χ3n) is 5.89. The van der Waals surface area contributed by atoms with Crippen LogP contribution in [-0.4, -0.2) is 51.7 Å². The maximum atomic E-state index is 14.1. The molecule has 0 bridgehead atoms. The van der Waals surface area contributed by atoms with Crippen LogP contribution in [0, 0.1) is 5.41 Å². The number of fused-ring (bicyclic) bond motifs is 1. The van der Waals surface area contributed by atoms with Crippen molar-refractivity contribution >= 4 is 34.4 Å². The van der Waals surface area contributed by atoms with Gasteiger partial charge in [0, 0.05) is 16.8 Å². The second-order valence-electron chi connectivity index (χ2n) is 9.38. The lowest BCUT2D eigenvalue weighted by Gasteiger charge is -2.34. The van der Waals surface area contributed by atoms with E-state index >= 15 is 0 Å². The Kier molecular flexibility index (Phi) is 8.73. The number of ether oxygens (including phenoxy) is 3. The maximum absolute atomic E-state index is 14.1. The molecule has 12 nitrogen and oxygen atoms in total. The standard InChI is InChI=1S/C28H28F3N7O5/c1-4-41-23-15-18(11-14-22(23)42-16(2)3)27(43-26(40)28(29,30)31,34-19-12-9-17(10-13-19)24(32)33)25(39)36-38-21-8-6-5-7-20(21)35-37-38/h5-16,34H,4H2,1-3H3,(H3,32,33)(H,36,39). The molecule has 1 aromatic heterocycles. The summed E-state index contributed by atoms with van der Waals surface area (Å²) in [5.74, 6) is -3.87. The van der Waals surface area contributed by atoms with Crippen molar-refractivity contribution in [3.8, 4) is 11.5 Å². The molecule has 1 amide bonds. The molecule has 15 heteroatoms. The number of carbonyl (C=O) groups is 2. The largest absolute Gasteiger partial charge is 0.491 e. The fourth-order valence-corrected chi connectivity index (χ4v) is 4.00. The molecule has 5 N–H and O–H groups in total. The minimum atomic E-state index is -5.48. The van der Waals surface area contributed by atoms with Crippen molar-refractivity contribution in [1.29, 1.82) is 5.41 Å². The molecule has 0 fully saturated rings. The summed E-state index contributed by atoms with van der Waals surface area (Å²) in [4.78, 5) is 27.5. The van der Waals surface area contributed by atoms with Gasteiger partial charge in [0.2, 0.25) is 0 Å². The highest BCUT2D eigenvalue weighted by Gasteiger charge is 2.52. The van der Waals surface area contributed by atoms with Gasteiger partial charge in [-0.1, -0.05) is 12.1 Å². The molecule has 0 aliphatic carbocycles. The van der Waals surface area contributed by atoms with Crippen molar-refractivity contribution in [1.82, 2.24) is 15.1 Å². The number of nitrogens with zero attached hydrogens (tertiary/aromatic N) is 3. The van der Waals surface area contributed by atoms with Crippen LogP contribution in [-0.2, 0) is 20.1 Å². The van der Waals surface area contributed by atoms with E-state index in [2.05, 4.69) is 21.1 Å². The predicted octanol–water partition coefficient (Wildman–Crippen LogP) is 4.04. The Hall–Kier alpha value is -5.34. The highest BCUT2D eigenvalue weighted by atomic mass is 19.4. The van der Waals surface area contributed by atoms with Gasteiger partial charge in [-0.05, 0) is 80.6 Å². The number of carbonyl (C=O) groups excluding carboxylic acids is 2. The monoisotopic (exact) mass is 599 g/mol. The van der Waals surface area contributed by atoms with Gasteiger partial charge in [-0.3, -0.25) is 10.2 Å². The third-order valence-corrected chi connectivity index (χ3v) is 5.89. The van der Waals surface area contributed by atoms with Gasteiger partial charge in [0.25, 0.3) is 5.72 Å². The number of anilines is 1. The number of hydrogen-bond donors (Lipinski definition) is 4. The molecular weight excluding hydrogens is 571 g/mol. The summed E-state index contributed by atoms with van der Waals surface area (Å²) in [6.45, 7) is 5.35. The second-order valence-corrected chi connectivity index (χ2v) is 9.38. The van der Waals surface area contributed by atoms with Gasteiger partial charge in [-0.15, -0.1) is 5.10 Å². The maximum Gasteiger partial charge on any atom is 0.491 e. The topological polar surface area (TPSA) is 166 Å². The van der Waals surface area contributed by atoms with E-state index in [1.165, 1.54) is 42.5 Å². The van der Waals surface area contributed by atoms with E-state index in [-0.39, 0.29) is 41.3 Å². The molecule has 1 unspecified atom stereocenters. The van der Waals surface area contributed by atoms with E-state index in [0.29, 0.717) is 16.6 Å². The molecule has 4 aromatic rings. The van der Waals surface area contributed by atoms with Crippen molar-refractivity contribution in [2.45, 2.75) is 38.8 Å². The molecule has 0 saturated heterocycles. The highest BCUT2D eigenvalue weighted by molar-refractivity contribution is 5.98. The zero-order valence-corrected chi connectivity index (χ0v) is 23.2. The zero-order valence-electron chi connectivity index (χ0n) is 23.2. The van der Waals surface area contributed by atoms with E-state index < -0.39 is 23.8 Å². The lowest BCUT2D eigenvalue weighted by molar-refractivity contribution is -0.212. The van der Waals surface area contributed by atoms with Crippen LogP contribution in [0.1, 0.15) is 31.9 Å². The number of benzene rings is 3. The normalized spacial score (nSPS) is 12.8. The quantitative estimate of drug-likeness (QED) is 0.0861. The summed E-state index contributed by atoms with van der Waals surface area (Å²) in [6.07, 6.45) is -5.77. The molecule has 0 saturated carbocycles. The molecule has 4 rings (SSSR count). The Morgan fingerprint density at radius 3 is 2.37 bits per heavy atom. The minimum Gasteiger partial charge on any atom is -0.490 e. The average Bonchev–Trinajstić information content (AvgIpc) is 3.35. The van der Waals surface area contributed by atoms with Crippen LogP contribution in [0.15, 0.2) is 66.7 Å². The molecule has 43 heavy (non-hydrogen) atoms. The summed E-state index contributed by atoms with van der Waals surface area (Å²) in [5.41, 5.74) is 5.83. The number of nitrogen functional groups attached to an aromatic ring is 1. The lowest BCUT2D eigenvalue weighted by Crippen LogP contribution is -2.54. The molecule has 0 spiro atoms. The summed E-state index contributed by atoms with van der Waals surface area (Å²) in [6, 6.07) is 15.9. The van der Waals surface area contributed by atoms with Crippen molar-refractivity contribution in [3.63, 3.8) is 0 Å². The van der Waals surface area contributed by atoms with Gasteiger partial charge in [-0.25, -0.2) is 10.2 Å². The van der Waals surface area contributed by atoms with E-state index in [1.807, 2.05) is 0 Å². The molecule has 1 heterocycles. The average molecular weight is 600 g/mol. The van der Waals surface area contributed by atoms with Crippen LogP contribution in [0.3, 0.4) is 0 Å². The predicted molar refractivity (Wildman–Crippen MR) is 150 cm³/mol. The third kappa shape index (κ3) is 6.77. The van der Waals surface area contributed by atoms with Crippen LogP contribution in [0.5, 0.6) is 11.5 Å². The Morgan fingerprint density at radius 1 is 1.05 bits per heavy atom. The number of hydrogen-bond acceptors (Lipinski definition) is 9. The molecular formula is C28H28F3N7O5. The van der Waals surface area contributed by atoms with Crippen LogP contribution >= 0.6 is 0 Å². The number of halogens is 3. The number of amides is 1. The lowest BCUT2D eigenvalue weighted by atomic mass is 9.99. The molecule has 0 radical (unpaired) electrons. The first-order valence-corrected chi connectivity index (χ1v) is 12.9. The summed E-state index contributed by atoms with van der Waals surface area (Å²) >= 11 is 0. The number of nitrogens with one attached hydrogen (secondary N) is 3. The van der Waals surface area contributed by atoms with Gasteiger partial charge >= 0.3 is 18.1 Å².